The van der Waals surface area contributed by atoms with Crippen LogP contribution < -0.4 is 10.9 Å². The molecule has 1 aromatic heterocycles. The zero-order valence-corrected chi connectivity index (χ0v) is 17.8. The van der Waals surface area contributed by atoms with Crippen molar-refractivity contribution in [1.82, 2.24) is 9.88 Å². The summed E-state index contributed by atoms with van der Waals surface area (Å²) in [5.41, 5.74) is 1.63. The first-order chi connectivity index (χ1) is 14.4. The Hall–Kier alpha value is -2.66. The lowest BCUT2D eigenvalue weighted by molar-refractivity contribution is 0.0931. The molecule has 1 N–H and O–H groups in total. The molecule has 30 heavy (non-hydrogen) atoms. The maximum absolute atomic E-state index is 13.8. The lowest BCUT2D eigenvalue weighted by Gasteiger charge is -2.22. The topological polar surface area (TPSA) is 51.1 Å². The molecule has 6 heteroatoms. The van der Waals surface area contributed by atoms with Gasteiger partial charge in [-0.3, -0.25) is 9.59 Å². The first-order valence-corrected chi connectivity index (χ1v) is 10.7. The number of hydrogen-bond donors (Lipinski definition) is 1. The van der Waals surface area contributed by atoms with Gasteiger partial charge in [-0.05, 0) is 55.9 Å². The van der Waals surface area contributed by atoms with E-state index in [1.165, 1.54) is 12.1 Å². The molecule has 1 atom stereocenters. The van der Waals surface area contributed by atoms with Crippen LogP contribution in [0, 0.1) is 18.7 Å². The molecular formula is C24H24ClFN2O2. The van der Waals surface area contributed by atoms with Crippen molar-refractivity contribution in [3.05, 3.63) is 80.5 Å². The molecule has 0 radical (unpaired) electrons. The molecule has 1 amide bonds. The number of halogens is 2. The van der Waals surface area contributed by atoms with E-state index in [2.05, 4.69) is 5.32 Å². The van der Waals surface area contributed by atoms with Gasteiger partial charge in [0.2, 0.25) is 0 Å². The first kappa shape index (κ1) is 20.6. The van der Waals surface area contributed by atoms with Crippen molar-refractivity contribution >= 4 is 28.3 Å². The standard InChI is InChI=1S/C24H24ClFN2O2/c1-3-12-28-14(2)20(18-8-5-9-19(25)21(18)24(28)30)23(29)27-22(15-10-11-15)16-6-4-7-17(26)13-16/h4-9,13,15,22H,3,10-12H2,1-2H3,(H,27,29). The van der Waals surface area contributed by atoms with Gasteiger partial charge in [0.15, 0.2) is 0 Å². The summed E-state index contributed by atoms with van der Waals surface area (Å²) in [5.74, 6) is -0.310. The predicted molar refractivity (Wildman–Crippen MR) is 118 cm³/mol. The van der Waals surface area contributed by atoms with Gasteiger partial charge in [0.25, 0.3) is 11.5 Å². The van der Waals surface area contributed by atoms with Crippen molar-refractivity contribution in [1.29, 1.82) is 0 Å². The lowest BCUT2D eigenvalue weighted by atomic mass is 9.99. The summed E-state index contributed by atoms with van der Waals surface area (Å²) < 4.78 is 15.4. The lowest BCUT2D eigenvalue weighted by Crippen LogP contribution is -2.33. The molecule has 4 rings (SSSR count). The zero-order valence-electron chi connectivity index (χ0n) is 17.0. The third-order valence-corrected chi connectivity index (χ3v) is 6.09. The van der Waals surface area contributed by atoms with Crippen LogP contribution in [0.4, 0.5) is 4.39 Å². The molecule has 2 aromatic carbocycles. The number of nitrogens with zero attached hydrogens (tertiary/aromatic N) is 1. The number of fused-ring (bicyclic) bond motifs is 1. The van der Waals surface area contributed by atoms with E-state index in [-0.39, 0.29) is 29.2 Å². The van der Waals surface area contributed by atoms with Crippen LogP contribution in [0.15, 0.2) is 47.3 Å². The average molecular weight is 427 g/mol. The fourth-order valence-corrected chi connectivity index (χ4v) is 4.42. The molecule has 0 bridgehead atoms. The van der Waals surface area contributed by atoms with Gasteiger partial charge in [-0.1, -0.05) is 42.8 Å². The number of nitrogens with one attached hydrogen (secondary N) is 1. The van der Waals surface area contributed by atoms with Crippen molar-refractivity contribution in [3.63, 3.8) is 0 Å². The van der Waals surface area contributed by atoms with Gasteiger partial charge in [-0.25, -0.2) is 4.39 Å². The SMILES string of the molecule is CCCn1c(C)c(C(=O)NC(c2cccc(F)c2)C2CC2)c2cccc(Cl)c2c1=O. The second kappa shape index (κ2) is 8.23. The van der Waals surface area contributed by atoms with Crippen molar-refractivity contribution in [3.8, 4) is 0 Å². The molecule has 1 aliphatic rings. The summed E-state index contributed by atoms with van der Waals surface area (Å²) in [6, 6.07) is 11.3. The second-order valence-corrected chi connectivity index (χ2v) is 8.33. The van der Waals surface area contributed by atoms with Crippen LogP contribution in [0.3, 0.4) is 0 Å². The molecule has 0 aliphatic heterocycles. The van der Waals surface area contributed by atoms with E-state index >= 15 is 0 Å². The third-order valence-electron chi connectivity index (χ3n) is 5.77. The summed E-state index contributed by atoms with van der Waals surface area (Å²) in [7, 11) is 0. The van der Waals surface area contributed by atoms with E-state index < -0.39 is 0 Å². The van der Waals surface area contributed by atoms with E-state index in [4.69, 9.17) is 11.6 Å². The van der Waals surface area contributed by atoms with Crippen LogP contribution in [0.25, 0.3) is 10.8 Å². The Balaban J connectivity index is 1.83. The number of rotatable bonds is 6. The highest BCUT2D eigenvalue weighted by Crippen LogP contribution is 2.41. The fraction of sp³-hybridized carbons (Fsp3) is 0.333. The third kappa shape index (κ3) is 3.74. The molecule has 1 unspecified atom stereocenters. The molecule has 1 saturated carbocycles. The smallest absolute Gasteiger partial charge is 0.260 e. The van der Waals surface area contributed by atoms with Gasteiger partial charge < -0.3 is 9.88 Å². The number of carbonyl (C=O) groups excluding carboxylic acids is 1. The van der Waals surface area contributed by atoms with Gasteiger partial charge in [0.05, 0.1) is 22.0 Å². The Bertz CT molecular complexity index is 1180. The van der Waals surface area contributed by atoms with Gasteiger partial charge in [-0.2, -0.15) is 0 Å². The highest BCUT2D eigenvalue weighted by atomic mass is 35.5. The summed E-state index contributed by atoms with van der Waals surface area (Å²) in [6.07, 6.45) is 2.73. The van der Waals surface area contributed by atoms with E-state index in [0.29, 0.717) is 33.6 Å². The van der Waals surface area contributed by atoms with Gasteiger partial charge >= 0.3 is 0 Å². The molecule has 156 valence electrons. The number of hydrogen-bond acceptors (Lipinski definition) is 2. The minimum atomic E-state index is -0.322. The zero-order chi connectivity index (χ0) is 21.4. The summed E-state index contributed by atoms with van der Waals surface area (Å²) in [6.45, 7) is 4.28. The first-order valence-electron chi connectivity index (χ1n) is 10.3. The quantitative estimate of drug-likeness (QED) is 0.574. The molecule has 0 spiro atoms. The van der Waals surface area contributed by atoms with E-state index in [9.17, 15) is 14.0 Å². The number of amides is 1. The number of carbonyl (C=O) groups is 1. The van der Waals surface area contributed by atoms with Crippen LogP contribution in [0.2, 0.25) is 5.02 Å². The van der Waals surface area contributed by atoms with E-state index in [1.54, 1.807) is 35.8 Å². The van der Waals surface area contributed by atoms with Crippen LogP contribution in [-0.4, -0.2) is 10.5 Å². The molecule has 1 heterocycles. The van der Waals surface area contributed by atoms with E-state index in [0.717, 1.165) is 24.8 Å². The Morgan fingerprint density at radius 2 is 2.00 bits per heavy atom. The summed E-state index contributed by atoms with van der Waals surface area (Å²) >= 11 is 6.36. The Kier molecular flexibility index (Phi) is 5.65. The highest BCUT2D eigenvalue weighted by Gasteiger charge is 2.34. The normalized spacial score (nSPS) is 14.7. The molecular weight excluding hydrogens is 403 g/mol. The summed E-state index contributed by atoms with van der Waals surface area (Å²) in [5, 5.41) is 4.35. The highest BCUT2D eigenvalue weighted by molar-refractivity contribution is 6.36. The van der Waals surface area contributed by atoms with Crippen molar-refractivity contribution in [2.45, 2.75) is 45.7 Å². The van der Waals surface area contributed by atoms with Gasteiger partial charge in [0.1, 0.15) is 5.82 Å². The van der Waals surface area contributed by atoms with Crippen LogP contribution in [0.5, 0.6) is 0 Å². The maximum Gasteiger partial charge on any atom is 0.260 e. The van der Waals surface area contributed by atoms with Crippen molar-refractivity contribution in [2.24, 2.45) is 5.92 Å². The molecule has 1 fully saturated rings. The van der Waals surface area contributed by atoms with Crippen LogP contribution in [0.1, 0.15) is 53.8 Å². The number of aromatic nitrogens is 1. The predicted octanol–water partition coefficient (Wildman–Crippen LogP) is 5.39. The Morgan fingerprint density at radius 3 is 2.67 bits per heavy atom. The second-order valence-electron chi connectivity index (χ2n) is 7.92. The van der Waals surface area contributed by atoms with Crippen molar-refractivity contribution in [2.75, 3.05) is 0 Å². The van der Waals surface area contributed by atoms with E-state index in [1.807, 2.05) is 13.0 Å². The number of benzene rings is 2. The molecule has 4 nitrogen and oxygen atoms in total. The molecule has 0 saturated heterocycles. The van der Waals surface area contributed by atoms with Crippen LogP contribution >= 0.6 is 11.6 Å². The summed E-state index contributed by atoms with van der Waals surface area (Å²) in [4.78, 5) is 26.5. The minimum absolute atomic E-state index is 0.185. The fourth-order valence-electron chi connectivity index (χ4n) is 4.16. The monoisotopic (exact) mass is 426 g/mol. The largest absolute Gasteiger partial charge is 0.345 e. The maximum atomic E-state index is 13.8. The molecule has 3 aromatic rings. The van der Waals surface area contributed by atoms with Crippen molar-refractivity contribution < 1.29 is 9.18 Å². The Morgan fingerprint density at radius 1 is 1.27 bits per heavy atom. The van der Waals surface area contributed by atoms with Crippen LogP contribution in [-0.2, 0) is 6.54 Å². The van der Waals surface area contributed by atoms with Gasteiger partial charge in [-0.15, -0.1) is 0 Å². The average Bonchev–Trinajstić information content (AvgIpc) is 3.54. The van der Waals surface area contributed by atoms with Gasteiger partial charge in [0, 0.05) is 17.6 Å². The number of pyridine rings is 1. The minimum Gasteiger partial charge on any atom is -0.345 e. The molecule has 1 aliphatic carbocycles. The Labute approximate surface area is 179 Å².